The van der Waals surface area contributed by atoms with Gasteiger partial charge in [0.05, 0.1) is 16.3 Å². The van der Waals surface area contributed by atoms with Crippen molar-refractivity contribution < 1.29 is 4.74 Å². The molecule has 0 bridgehead atoms. The molecule has 8 heteroatoms. The molecule has 2 aromatic carbocycles. The summed E-state index contributed by atoms with van der Waals surface area (Å²) in [4.78, 5) is 0. The molecular formula is C15H12BrCl2N3OS. The molecule has 0 amide bonds. The Morgan fingerprint density at radius 3 is 2.74 bits per heavy atom. The monoisotopic (exact) mass is 431 g/mol. The van der Waals surface area contributed by atoms with Crippen molar-refractivity contribution in [2.24, 2.45) is 10.8 Å². The molecule has 0 spiro atoms. The highest BCUT2D eigenvalue weighted by Crippen LogP contribution is 2.25. The molecule has 0 radical (unpaired) electrons. The van der Waals surface area contributed by atoms with Crippen molar-refractivity contribution in [1.29, 1.82) is 0 Å². The van der Waals surface area contributed by atoms with Crippen LogP contribution in [-0.4, -0.2) is 11.3 Å². The van der Waals surface area contributed by atoms with E-state index in [2.05, 4.69) is 26.5 Å². The third-order valence-electron chi connectivity index (χ3n) is 2.73. The van der Waals surface area contributed by atoms with Gasteiger partial charge in [-0.1, -0.05) is 45.2 Å². The first-order valence-corrected chi connectivity index (χ1v) is 8.36. The van der Waals surface area contributed by atoms with E-state index >= 15 is 0 Å². The van der Waals surface area contributed by atoms with Crippen molar-refractivity contribution in [3.8, 4) is 5.75 Å². The second-order valence-corrected chi connectivity index (χ2v) is 6.62. The number of nitrogens with zero attached hydrogens (tertiary/aromatic N) is 1. The number of benzene rings is 2. The molecule has 0 unspecified atom stereocenters. The summed E-state index contributed by atoms with van der Waals surface area (Å²) in [6.07, 6.45) is 1.58. The molecular weight excluding hydrogens is 421 g/mol. The highest BCUT2D eigenvalue weighted by Gasteiger charge is 2.05. The Morgan fingerprint density at radius 1 is 1.26 bits per heavy atom. The third-order valence-corrected chi connectivity index (χ3v) is 4.05. The number of rotatable bonds is 5. The summed E-state index contributed by atoms with van der Waals surface area (Å²) >= 11 is 20.0. The van der Waals surface area contributed by atoms with Gasteiger partial charge in [-0.25, -0.2) is 0 Å². The first-order chi connectivity index (χ1) is 11.0. The minimum atomic E-state index is 0.0921. The summed E-state index contributed by atoms with van der Waals surface area (Å²) in [5.41, 5.74) is 9.51. The highest BCUT2D eigenvalue weighted by atomic mass is 79.9. The van der Waals surface area contributed by atoms with E-state index in [0.29, 0.717) is 22.4 Å². The van der Waals surface area contributed by atoms with E-state index < -0.39 is 0 Å². The smallest absolute Gasteiger partial charge is 0.184 e. The van der Waals surface area contributed by atoms with Crippen molar-refractivity contribution in [3.05, 3.63) is 62.0 Å². The number of hydrogen-bond donors (Lipinski definition) is 2. The molecule has 3 N–H and O–H groups in total. The van der Waals surface area contributed by atoms with Crippen LogP contribution in [-0.2, 0) is 6.61 Å². The fourth-order valence-corrected chi connectivity index (χ4v) is 2.46. The zero-order valence-electron chi connectivity index (χ0n) is 11.7. The summed E-state index contributed by atoms with van der Waals surface area (Å²) in [5.74, 6) is 0.660. The topological polar surface area (TPSA) is 59.6 Å². The molecule has 0 atom stereocenters. The first-order valence-electron chi connectivity index (χ1n) is 6.40. The molecule has 0 aliphatic carbocycles. The second kappa shape index (κ2) is 8.49. The van der Waals surface area contributed by atoms with Gasteiger partial charge in [0, 0.05) is 10.0 Å². The van der Waals surface area contributed by atoms with Crippen LogP contribution in [0.4, 0.5) is 0 Å². The molecule has 0 fully saturated rings. The quantitative estimate of drug-likeness (QED) is 0.414. The van der Waals surface area contributed by atoms with Gasteiger partial charge in [-0.2, -0.15) is 5.10 Å². The predicted molar refractivity (Wildman–Crippen MR) is 102 cm³/mol. The van der Waals surface area contributed by atoms with E-state index in [4.69, 9.17) is 45.9 Å². The maximum atomic E-state index is 6.00. The number of ether oxygens (including phenoxy) is 1. The van der Waals surface area contributed by atoms with Crippen LogP contribution in [0.5, 0.6) is 5.75 Å². The largest absolute Gasteiger partial charge is 0.488 e. The minimum absolute atomic E-state index is 0.0921. The fourth-order valence-electron chi connectivity index (χ4n) is 1.71. The lowest BCUT2D eigenvalue weighted by molar-refractivity contribution is 0.306. The van der Waals surface area contributed by atoms with Gasteiger partial charge in [0.1, 0.15) is 12.4 Å². The van der Waals surface area contributed by atoms with Crippen LogP contribution in [0.15, 0.2) is 46.0 Å². The molecule has 0 saturated heterocycles. The van der Waals surface area contributed by atoms with Crippen molar-refractivity contribution in [2.45, 2.75) is 6.61 Å². The molecule has 0 aliphatic rings. The molecule has 0 aliphatic heterocycles. The Hall–Kier alpha value is -1.34. The van der Waals surface area contributed by atoms with Gasteiger partial charge in [0.15, 0.2) is 5.11 Å². The summed E-state index contributed by atoms with van der Waals surface area (Å²) in [6, 6.07) is 10.9. The lowest BCUT2D eigenvalue weighted by Gasteiger charge is -2.10. The molecule has 2 aromatic rings. The Balaban J connectivity index is 2.13. The van der Waals surface area contributed by atoms with Crippen LogP contribution < -0.4 is 15.9 Å². The van der Waals surface area contributed by atoms with Gasteiger partial charge in [-0.15, -0.1) is 0 Å². The zero-order chi connectivity index (χ0) is 16.8. The van der Waals surface area contributed by atoms with E-state index in [0.717, 1.165) is 15.6 Å². The van der Waals surface area contributed by atoms with Gasteiger partial charge in [0.2, 0.25) is 0 Å². The predicted octanol–water partition coefficient (Wildman–Crippen LogP) is 4.50. The Labute approximate surface area is 157 Å². The minimum Gasteiger partial charge on any atom is -0.488 e. The summed E-state index contributed by atoms with van der Waals surface area (Å²) in [5, 5.41) is 5.04. The van der Waals surface area contributed by atoms with Crippen molar-refractivity contribution in [3.63, 3.8) is 0 Å². The van der Waals surface area contributed by atoms with Gasteiger partial charge < -0.3 is 10.5 Å². The van der Waals surface area contributed by atoms with Crippen LogP contribution in [0.25, 0.3) is 0 Å². The number of nitrogens with two attached hydrogens (primary N) is 1. The lowest BCUT2D eigenvalue weighted by atomic mass is 10.2. The second-order valence-electron chi connectivity index (χ2n) is 4.45. The number of halogens is 3. The van der Waals surface area contributed by atoms with Gasteiger partial charge in [0.25, 0.3) is 0 Å². The standard InChI is InChI=1S/C15H12BrCl2N3OS/c16-11-2-4-14(10(6-11)7-20-21-15(19)23)22-8-9-1-3-12(17)13(18)5-9/h1-7H,8H2,(H3,19,21,23). The average molecular weight is 433 g/mol. The van der Waals surface area contributed by atoms with E-state index in [-0.39, 0.29) is 5.11 Å². The van der Waals surface area contributed by atoms with Crippen LogP contribution in [0.2, 0.25) is 10.0 Å². The number of thiocarbonyl (C=S) groups is 1. The lowest BCUT2D eigenvalue weighted by Crippen LogP contribution is -2.24. The van der Waals surface area contributed by atoms with Gasteiger partial charge >= 0.3 is 0 Å². The Kier molecular flexibility index (Phi) is 6.65. The Morgan fingerprint density at radius 2 is 2.04 bits per heavy atom. The maximum absolute atomic E-state index is 6.00. The normalized spacial score (nSPS) is 10.7. The molecule has 0 aromatic heterocycles. The van der Waals surface area contributed by atoms with Crippen LogP contribution in [0.3, 0.4) is 0 Å². The fraction of sp³-hybridized carbons (Fsp3) is 0.0667. The number of hydrazone groups is 1. The third kappa shape index (κ3) is 5.66. The van der Waals surface area contributed by atoms with Crippen LogP contribution >= 0.6 is 51.3 Å². The summed E-state index contributed by atoms with van der Waals surface area (Å²) < 4.78 is 6.72. The maximum Gasteiger partial charge on any atom is 0.184 e. The molecule has 0 saturated carbocycles. The Bertz CT molecular complexity index is 755. The average Bonchev–Trinajstić information content (AvgIpc) is 2.49. The van der Waals surface area contributed by atoms with Crippen LogP contribution in [0, 0.1) is 0 Å². The van der Waals surface area contributed by atoms with Crippen LogP contribution in [0.1, 0.15) is 11.1 Å². The van der Waals surface area contributed by atoms with Crippen molar-refractivity contribution >= 4 is 62.7 Å². The van der Waals surface area contributed by atoms with E-state index in [1.807, 2.05) is 24.3 Å². The van der Waals surface area contributed by atoms with E-state index in [9.17, 15) is 0 Å². The highest BCUT2D eigenvalue weighted by molar-refractivity contribution is 9.10. The number of nitrogens with one attached hydrogen (secondary N) is 1. The van der Waals surface area contributed by atoms with Crippen molar-refractivity contribution in [1.82, 2.24) is 5.43 Å². The molecule has 120 valence electrons. The van der Waals surface area contributed by atoms with Crippen molar-refractivity contribution in [2.75, 3.05) is 0 Å². The molecule has 4 nitrogen and oxygen atoms in total. The number of hydrogen-bond acceptors (Lipinski definition) is 3. The van der Waals surface area contributed by atoms with Gasteiger partial charge in [-0.3, -0.25) is 5.43 Å². The zero-order valence-corrected chi connectivity index (χ0v) is 15.6. The summed E-state index contributed by atoms with van der Waals surface area (Å²) in [7, 11) is 0. The van der Waals surface area contributed by atoms with E-state index in [1.165, 1.54) is 0 Å². The van der Waals surface area contributed by atoms with Gasteiger partial charge in [-0.05, 0) is 48.1 Å². The van der Waals surface area contributed by atoms with E-state index in [1.54, 1.807) is 18.3 Å². The summed E-state index contributed by atoms with van der Waals surface area (Å²) in [6.45, 7) is 0.349. The first kappa shape index (κ1) is 18.0. The molecule has 2 rings (SSSR count). The molecule has 0 heterocycles. The molecule has 23 heavy (non-hydrogen) atoms. The SMILES string of the molecule is NC(=S)NN=Cc1cc(Br)ccc1OCc1ccc(Cl)c(Cl)c1.